The van der Waals surface area contributed by atoms with Gasteiger partial charge in [-0.05, 0) is 101 Å². The SMILES string of the molecule is CC(=O)[C@H]1CC[C@H]2[C@@H]3CC=C4C[C@@H](N(C)C)CC[C@]4(C)[C@H]3CC[C@]12C. The van der Waals surface area contributed by atoms with Crippen LogP contribution in [0, 0.1) is 34.5 Å². The van der Waals surface area contributed by atoms with Gasteiger partial charge in [0, 0.05) is 12.0 Å². The molecule has 2 nitrogen and oxygen atoms in total. The average Bonchev–Trinajstić information content (AvgIpc) is 2.91. The molecule has 3 fully saturated rings. The molecule has 4 rings (SSSR count). The van der Waals surface area contributed by atoms with E-state index in [9.17, 15) is 4.79 Å². The number of rotatable bonds is 2. The van der Waals surface area contributed by atoms with Gasteiger partial charge in [-0.3, -0.25) is 4.79 Å². The smallest absolute Gasteiger partial charge is 0.133 e. The predicted molar refractivity (Wildman–Crippen MR) is 103 cm³/mol. The Morgan fingerprint density at radius 3 is 2.52 bits per heavy atom. The summed E-state index contributed by atoms with van der Waals surface area (Å²) in [5.41, 5.74) is 2.49. The van der Waals surface area contributed by atoms with Crippen LogP contribution < -0.4 is 0 Å². The second-order valence-corrected chi connectivity index (χ2v) is 10.4. The molecule has 0 aromatic rings. The summed E-state index contributed by atoms with van der Waals surface area (Å²) in [6.07, 6.45) is 13.0. The number of carbonyl (C=O) groups is 1. The lowest BCUT2D eigenvalue weighted by Crippen LogP contribution is -2.51. The molecule has 0 radical (unpaired) electrons. The fraction of sp³-hybridized carbons (Fsp3) is 0.870. The fourth-order valence-electron chi connectivity index (χ4n) is 7.75. The van der Waals surface area contributed by atoms with Crippen molar-refractivity contribution < 1.29 is 4.79 Å². The highest BCUT2D eigenvalue weighted by Crippen LogP contribution is 2.66. The monoisotopic (exact) mass is 343 g/mol. The fourth-order valence-corrected chi connectivity index (χ4v) is 7.75. The molecule has 25 heavy (non-hydrogen) atoms. The molecule has 0 aliphatic heterocycles. The Morgan fingerprint density at radius 2 is 1.84 bits per heavy atom. The second-order valence-electron chi connectivity index (χ2n) is 10.4. The molecule has 0 bridgehead atoms. The third kappa shape index (κ3) is 2.50. The molecule has 0 saturated heterocycles. The minimum absolute atomic E-state index is 0.287. The molecule has 0 N–H and O–H groups in total. The number of fused-ring (bicyclic) bond motifs is 5. The van der Waals surface area contributed by atoms with Crippen molar-refractivity contribution in [1.29, 1.82) is 0 Å². The van der Waals surface area contributed by atoms with Gasteiger partial charge < -0.3 is 4.90 Å². The van der Waals surface area contributed by atoms with E-state index in [4.69, 9.17) is 0 Å². The van der Waals surface area contributed by atoms with E-state index in [1.165, 1.54) is 44.9 Å². The van der Waals surface area contributed by atoms with Gasteiger partial charge in [-0.25, -0.2) is 0 Å². The van der Waals surface area contributed by atoms with Crippen molar-refractivity contribution in [3.63, 3.8) is 0 Å². The largest absolute Gasteiger partial charge is 0.306 e. The van der Waals surface area contributed by atoms with Crippen molar-refractivity contribution in [3.05, 3.63) is 11.6 Å². The van der Waals surface area contributed by atoms with Gasteiger partial charge in [-0.15, -0.1) is 0 Å². The number of allylic oxidation sites excluding steroid dienone is 1. The van der Waals surface area contributed by atoms with E-state index >= 15 is 0 Å². The van der Waals surface area contributed by atoms with Crippen LogP contribution in [-0.2, 0) is 4.79 Å². The van der Waals surface area contributed by atoms with Crippen LogP contribution >= 0.6 is 0 Å². The minimum atomic E-state index is 0.287. The Bertz CT molecular complexity index is 593. The zero-order valence-electron chi connectivity index (χ0n) is 17.0. The molecule has 4 aliphatic carbocycles. The average molecular weight is 344 g/mol. The van der Waals surface area contributed by atoms with Crippen molar-refractivity contribution in [2.24, 2.45) is 34.5 Å². The van der Waals surface area contributed by atoms with E-state index in [0.717, 1.165) is 30.2 Å². The summed E-state index contributed by atoms with van der Waals surface area (Å²) in [4.78, 5) is 14.7. The van der Waals surface area contributed by atoms with Crippen LogP contribution in [0.3, 0.4) is 0 Å². The summed E-state index contributed by atoms with van der Waals surface area (Å²) in [7, 11) is 4.48. The molecular formula is C23H37NO. The highest BCUT2D eigenvalue weighted by molar-refractivity contribution is 5.79. The highest BCUT2D eigenvalue weighted by atomic mass is 16.1. The lowest BCUT2D eigenvalue weighted by molar-refractivity contribution is -0.127. The van der Waals surface area contributed by atoms with Crippen molar-refractivity contribution in [1.82, 2.24) is 4.90 Å². The number of hydrogen-bond donors (Lipinski definition) is 0. The number of ketones is 1. The van der Waals surface area contributed by atoms with Crippen molar-refractivity contribution >= 4 is 5.78 Å². The van der Waals surface area contributed by atoms with Crippen molar-refractivity contribution in [2.75, 3.05) is 14.1 Å². The van der Waals surface area contributed by atoms with E-state index in [1.54, 1.807) is 5.57 Å². The highest BCUT2D eigenvalue weighted by Gasteiger charge is 2.59. The lowest BCUT2D eigenvalue weighted by atomic mass is 9.47. The molecular weight excluding hydrogens is 306 g/mol. The summed E-state index contributed by atoms with van der Waals surface area (Å²) in [5.74, 6) is 3.25. The first-order chi connectivity index (χ1) is 11.8. The quantitative estimate of drug-likeness (QED) is 0.651. The van der Waals surface area contributed by atoms with Gasteiger partial charge in [0.2, 0.25) is 0 Å². The summed E-state index contributed by atoms with van der Waals surface area (Å²) < 4.78 is 0. The lowest BCUT2D eigenvalue weighted by Gasteiger charge is -2.58. The van der Waals surface area contributed by atoms with Crippen LogP contribution in [0.5, 0.6) is 0 Å². The van der Waals surface area contributed by atoms with Gasteiger partial charge in [0.1, 0.15) is 5.78 Å². The molecule has 140 valence electrons. The standard InChI is InChI=1S/C23H37NO/c1-15(25)19-8-9-20-18-7-6-16-14-17(24(4)5)10-12-22(16,2)21(18)11-13-23(19,20)3/h6,17-21H,7-14H2,1-5H3/t17-,18-,19+,20-,21-,22-,23+/m0/s1. The van der Waals surface area contributed by atoms with E-state index in [0.29, 0.717) is 17.1 Å². The Labute approximate surface area is 154 Å². The zero-order chi connectivity index (χ0) is 18.0. The number of hydrogen-bond acceptors (Lipinski definition) is 2. The third-order valence-electron chi connectivity index (χ3n) is 9.30. The van der Waals surface area contributed by atoms with E-state index in [-0.39, 0.29) is 5.41 Å². The number of carbonyl (C=O) groups excluding carboxylic acids is 1. The van der Waals surface area contributed by atoms with Crippen LogP contribution in [0.25, 0.3) is 0 Å². The van der Waals surface area contributed by atoms with E-state index < -0.39 is 0 Å². The first kappa shape index (κ1) is 17.8. The Hall–Kier alpha value is -0.630. The van der Waals surface area contributed by atoms with E-state index in [1.807, 2.05) is 6.92 Å². The van der Waals surface area contributed by atoms with Gasteiger partial charge >= 0.3 is 0 Å². The molecule has 0 spiro atoms. The topological polar surface area (TPSA) is 20.3 Å². The Kier molecular flexibility index (Phi) is 4.22. The molecule has 4 aliphatic rings. The molecule has 3 saturated carbocycles. The van der Waals surface area contributed by atoms with E-state index in [2.05, 4.69) is 38.9 Å². The summed E-state index contributed by atoms with van der Waals surface area (Å²) >= 11 is 0. The molecule has 0 amide bonds. The van der Waals surface area contributed by atoms with Crippen LogP contribution in [0.15, 0.2) is 11.6 Å². The summed E-state index contributed by atoms with van der Waals surface area (Å²) in [6.45, 7) is 6.88. The van der Waals surface area contributed by atoms with Crippen molar-refractivity contribution in [3.8, 4) is 0 Å². The maximum atomic E-state index is 12.2. The first-order valence-electron chi connectivity index (χ1n) is 10.6. The number of nitrogens with zero attached hydrogens (tertiary/aromatic N) is 1. The number of Topliss-reactive ketones (excluding diaryl/α,β-unsaturated/α-hetero) is 1. The van der Waals surface area contributed by atoms with Crippen LogP contribution in [-0.4, -0.2) is 30.8 Å². The van der Waals surface area contributed by atoms with Crippen molar-refractivity contribution in [2.45, 2.75) is 78.2 Å². The van der Waals surface area contributed by atoms with Gasteiger partial charge in [0.05, 0.1) is 0 Å². The molecule has 2 heteroatoms. The summed E-state index contributed by atoms with van der Waals surface area (Å²) in [5, 5.41) is 0. The molecule has 0 aromatic carbocycles. The Balaban J connectivity index is 1.62. The van der Waals surface area contributed by atoms with Gasteiger partial charge in [0.25, 0.3) is 0 Å². The third-order valence-corrected chi connectivity index (χ3v) is 9.30. The van der Waals surface area contributed by atoms with Crippen LogP contribution in [0.2, 0.25) is 0 Å². The molecule has 0 unspecified atom stereocenters. The molecule has 0 heterocycles. The van der Waals surface area contributed by atoms with Gasteiger partial charge in [-0.2, -0.15) is 0 Å². The maximum Gasteiger partial charge on any atom is 0.133 e. The van der Waals surface area contributed by atoms with Gasteiger partial charge in [0.15, 0.2) is 0 Å². The molecule has 7 atom stereocenters. The Morgan fingerprint density at radius 1 is 1.08 bits per heavy atom. The predicted octanol–water partition coefficient (Wildman–Crippen LogP) is 5.08. The normalized spacial score (nSPS) is 49.2. The van der Waals surface area contributed by atoms with Gasteiger partial charge in [-0.1, -0.05) is 25.5 Å². The minimum Gasteiger partial charge on any atom is -0.306 e. The first-order valence-corrected chi connectivity index (χ1v) is 10.6. The summed E-state index contributed by atoms with van der Waals surface area (Å²) in [6, 6.07) is 0.735. The zero-order valence-corrected chi connectivity index (χ0v) is 17.0. The van der Waals surface area contributed by atoms with Crippen LogP contribution in [0.1, 0.15) is 72.1 Å². The molecule has 0 aromatic heterocycles. The second kappa shape index (κ2) is 5.94. The van der Waals surface area contributed by atoms with Crippen LogP contribution in [0.4, 0.5) is 0 Å². The maximum absolute atomic E-state index is 12.2.